The number of pyridine rings is 1. The Labute approximate surface area is 137 Å². The zero-order valence-electron chi connectivity index (χ0n) is 13.1. The summed E-state index contributed by atoms with van der Waals surface area (Å²) in [6.45, 7) is 2.50. The third-order valence-electron chi connectivity index (χ3n) is 4.33. The number of hydrogen-bond donors (Lipinski definition) is 1. The van der Waals surface area contributed by atoms with Crippen molar-refractivity contribution in [2.45, 2.75) is 32.4 Å². The Kier molecular flexibility index (Phi) is 3.37. The van der Waals surface area contributed by atoms with Gasteiger partial charge in [0.2, 0.25) is 0 Å². The SMILES string of the molecule is Cc1nnc2n1C[C@@H](NC(=O)c1cnc3ccccn3c1=O)CC2. The fourth-order valence-electron chi connectivity index (χ4n) is 3.03. The molecule has 0 radical (unpaired) electrons. The van der Waals surface area contributed by atoms with E-state index >= 15 is 0 Å². The Bertz CT molecular complexity index is 990. The van der Waals surface area contributed by atoms with Crippen LogP contribution in [0.25, 0.3) is 5.65 Å². The van der Waals surface area contributed by atoms with Crippen molar-refractivity contribution in [3.05, 3.63) is 58.2 Å². The van der Waals surface area contributed by atoms with E-state index in [4.69, 9.17) is 0 Å². The molecule has 3 aromatic rings. The summed E-state index contributed by atoms with van der Waals surface area (Å²) in [4.78, 5) is 29.1. The highest BCUT2D eigenvalue weighted by molar-refractivity contribution is 5.93. The van der Waals surface area contributed by atoms with Crippen molar-refractivity contribution >= 4 is 11.6 Å². The minimum atomic E-state index is -0.398. The number of amides is 1. The summed E-state index contributed by atoms with van der Waals surface area (Å²) in [5.41, 5.74) is 0.196. The van der Waals surface area contributed by atoms with Crippen molar-refractivity contribution in [1.29, 1.82) is 0 Å². The lowest BCUT2D eigenvalue weighted by molar-refractivity contribution is 0.0925. The van der Waals surface area contributed by atoms with Gasteiger partial charge in [-0.05, 0) is 25.5 Å². The van der Waals surface area contributed by atoms with Crippen molar-refractivity contribution in [2.24, 2.45) is 0 Å². The van der Waals surface area contributed by atoms with Crippen LogP contribution in [-0.2, 0) is 13.0 Å². The average molecular weight is 324 g/mol. The van der Waals surface area contributed by atoms with E-state index in [1.165, 1.54) is 10.6 Å². The molecule has 4 rings (SSSR count). The molecule has 8 nitrogen and oxygen atoms in total. The van der Waals surface area contributed by atoms with E-state index in [0.717, 1.165) is 24.5 Å². The Hall–Kier alpha value is -3.03. The smallest absolute Gasteiger partial charge is 0.270 e. The van der Waals surface area contributed by atoms with E-state index in [-0.39, 0.29) is 17.2 Å². The number of aromatic nitrogens is 5. The first kappa shape index (κ1) is 14.6. The van der Waals surface area contributed by atoms with Gasteiger partial charge in [-0.2, -0.15) is 0 Å². The summed E-state index contributed by atoms with van der Waals surface area (Å²) in [6.07, 6.45) is 4.47. The van der Waals surface area contributed by atoms with Gasteiger partial charge in [0.1, 0.15) is 22.9 Å². The van der Waals surface area contributed by atoms with Gasteiger partial charge in [-0.25, -0.2) is 4.98 Å². The van der Waals surface area contributed by atoms with Crippen LogP contribution >= 0.6 is 0 Å². The molecule has 8 heteroatoms. The number of fused-ring (bicyclic) bond motifs is 2. The maximum atomic E-state index is 12.5. The van der Waals surface area contributed by atoms with Crippen molar-refractivity contribution < 1.29 is 4.79 Å². The molecule has 0 aromatic carbocycles. The molecule has 0 saturated carbocycles. The second kappa shape index (κ2) is 5.55. The molecule has 0 bridgehead atoms. The number of nitrogens with one attached hydrogen (secondary N) is 1. The van der Waals surface area contributed by atoms with Gasteiger partial charge in [-0.1, -0.05) is 6.07 Å². The summed E-state index contributed by atoms with van der Waals surface area (Å²) >= 11 is 0. The lowest BCUT2D eigenvalue weighted by Crippen LogP contribution is -2.43. The number of hydrogen-bond acceptors (Lipinski definition) is 5. The molecule has 1 amide bonds. The summed E-state index contributed by atoms with van der Waals surface area (Å²) in [5.74, 6) is 1.37. The van der Waals surface area contributed by atoms with Crippen LogP contribution in [-0.4, -0.2) is 36.1 Å². The normalized spacial score (nSPS) is 16.8. The molecular formula is C16H16N6O2. The third kappa shape index (κ3) is 2.36. The largest absolute Gasteiger partial charge is 0.347 e. The number of carbonyl (C=O) groups is 1. The molecule has 1 aliphatic rings. The molecule has 3 aromatic heterocycles. The fraction of sp³-hybridized carbons (Fsp3) is 0.312. The van der Waals surface area contributed by atoms with E-state index in [1.807, 2.05) is 11.5 Å². The maximum Gasteiger partial charge on any atom is 0.270 e. The Balaban J connectivity index is 1.58. The number of rotatable bonds is 2. The summed E-state index contributed by atoms with van der Waals surface area (Å²) in [7, 11) is 0. The molecule has 1 N–H and O–H groups in total. The maximum absolute atomic E-state index is 12.5. The van der Waals surface area contributed by atoms with Crippen molar-refractivity contribution in [3.8, 4) is 0 Å². The Morgan fingerprint density at radius 1 is 1.33 bits per heavy atom. The third-order valence-corrected chi connectivity index (χ3v) is 4.33. The Morgan fingerprint density at radius 2 is 2.21 bits per heavy atom. The first-order chi connectivity index (χ1) is 11.6. The summed E-state index contributed by atoms with van der Waals surface area (Å²) < 4.78 is 3.37. The molecule has 0 spiro atoms. The highest BCUT2D eigenvalue weighted by atomic mass is 16.2. The van der Waals surface area contributed by atoms with Crippen LogP contribution in [0.5, 0.6) is 0 Å². The lowest BCUT2D eigenvalue weighted by Gasteiger charge is -2.24. The number of carbonyl (C=O) groups excluding carboxylic acids is 1. The molecule has 1 aliphatic heterocycles. The van der Waals surface area contributed by atoms with Crippen molar-refractivity contribution in [1.82, 2.24) is 29.5 Å². The summed E-state index contributed by atoms with van der Waals surface area (Å²) in [6, 6.07) is 5.19. The van der Waals surface area contributed by atoms with Gasteiger partial charge in [0.05, 0.1) is 0 Å². The van der Waals surface area contributed by atoms with Crippen LogP contribution in [0.2, 0.25) is 0 Å². The molecule has 4 heterocycles. The molecule has 0 fully saturated rings. The molecule has 0 aliphatic carbocycles. The van der Waals surface area contributed by atoms with E-state index in [1.54, 1.807) is 24.4 Å². The zero-order chi connectivity index (χ0) is 16.7. The minimum absolute atomic E-state index is 0.0463. The molecule has 1 atom stereocenters. The van der Waals surface area contributed by atoms with Gasteiger partial charge in [0, 0.05) is 31.4 Å². The molecular weight excluding hydrogens is 308 g/mol. The van der Waals surface area contributed by atoms with Gasteiger partial charge in [-0.3, -0.25) is 14.0 Å². The highest BCUT2D eigenvalue weighted by Gasteiger charge is 2.24. The topological polar surface area (TPSA) is 94.2 Å². The van der Waals surface area contributed by atoms with Crippen molar-refractivity contribution in [2.75, 3.05) is 0 Å². The Morgan fingerprint density at radius 3 is 3.08 bits per heavy atom. The molecule has 24 heavy (non-hydrogen) atoms. The van der Waals surface area contributed by atoms with E-state index in [9.17, 15) is 9.59 Å². The average Bonchev–Trinajstić information content (AvgIpc) is 2.96. The van der Waals surface area contributed by atoms with Gasteiger partial charge in [0.25, 0.3) is 11.5 Å². The monoisotopic (exact) mass is 324 g/mol. The van der Waals surface area contributed by atoms with E-state index < -0.39 is 5.91 Å². The van der Waals surface area contributed by atoms with Crippen LogP contribution < -0.4 is 10.9 Å². The van der Waals surface area contributed by atoms with Crippen LogP contribution in [0, 0.1) is 6.92 Å². The van der Waals surface area contributed by atoms with Gasteiger partial charge in [0.15, 0.2) is 0 Å². The highest BCUT2D eigenvalue weighted by Crippen LogP contribution is 2.14. The number of aryl methyl sites for hydroxylation is 2. The lowest BCUT2D eigenvalue weighted by atomic mass is 10.1. The quantitative estimate of drug-likeness (QED) is 0.733. The minimum Gasteiger partial charge on any atom is -0.347 e. The summed E-state index contributed by atoms with van der Waals surface area (Å²) in [5, 5.41) is 11.1. The second-order valence-corrected chi connectivity index (χ2v) is 5.89. The fourth-order valence-corrected chi connectivity index (χ4v) is 3.03. The van der Waals surface area contributed by atoms with Crippen LogP contribution in [0.3, 0.4) is 0 Å². The molecule has 122 valence electrons. The van der Waals surface area contributed by atoms with Gasteiger partial charge < -0.3 is 9.88 Å². The molecule has 0 saturated heterocycles. The van der Waals surface area contributed by atoms with Gasteiger partial charge >= 0.3 is 0 Å². The van der Waals surface area contributed by atoms with E-state index in [2.05, 4.69) is 20.5 Å². The first-order valence-corrected chi connectivity index (χ1v) is 7.79. The first-order valence-electron chi connectivity index (χ1n) is 7.79. The predicted molar refractivity (Wildman–Crippen MR) is 85.8 cm³/mol. The molecule has 0 unspecified atom stereocenters. The van der Waals surface area contributed by atoms with Crippen LogP contribution in [0.4, 0.5) is 0 Å². The van der Waals surface area contributed by atoms with Crippen LogP contribution in [0.1, 0.15) is 28.4 Å². The van der Waals surface area contributed by atoms with Gasteiger partial charge in [-0.15, -0.1) is 10.2 Å². The standard InChI is InChI=1S/C16H16N6O2/c1-10-19-20-14-6-5-11(9-22(10)14)18-15(23)12-8-17-13-4-2-3-7-21(13)16(12)24/h2-4,7-8,11H,5-6,9H2,1H3,(H,18,23)/t11-/m0/s1. The number of nitrogens with zero attached hydrogens (tertiary/aromatic N) is 5. The predicted octanol–water partition coefficient (Wildman–Crippen LogP) is 0.339. The second-order valence-electron chi connectivity index (χ2n) is 5.89. The van der Waals surface area contributed by atoms with Crippen LogP contribution in [0.15, 0.2) is 35.4 Å². The zero-order valence-corrected chi connectivity index (χ0v) is 13.1. The van der Waals surface area contributed by atoms with E-state index in [0.29, 0.717) is 12.2 Å². The van der Waals surface area contributed by atoms with Crippen molar-refractivity contribution in [3.63, 3.8) is 0 Å².